The number of aromatic hydroxyl groups is 2. The first kappa shape index (κ1) is 16.4. The maximum Gasteiger partial charge on any atom is 0.258 e. The van der Waals surface area contributed by atoms with Crippen molar-refractivity contribution in [2.75, 3.05) is 11.9 Å². The van der Waals surface area contributed by atoms with Crippen molar-refractivity contribution in [1.82, 2.24) is 0 Å². The summed E-state index contributed by atoms with van der Waals surface area (Å²) in [5.74, 6) is 1.26. The minimum absolute atomic E-state index is 0.106. The van der Waals surface area contributed by atoms with Crippen molar-refractivity contribution in [3.8, 4) is 23.0 Å². The predicted octanol–water partition coefficient (Wildman–Crippen LogP) is 4.17. The number of rotatable bonds is 4. The molecule has 0 bridgehead atoms. The molecule has 0 fully saturated rings. The monoisotopic (exact) mass is 335 g/mol. The van der Waals surface area contributed by atoms with Gasteiger partial charge in [0.25, 0.3) is 5.91 Å². The maximum absolute atomic E-state index is 12.5. The van der Waals surface area contributed by atoms with Gasteiger partial charge in [-0.05, 0) is 60.7 Å². The number of hydrogen-bond donors (Lipinski definition) is 2. The zero-order valence-electron chi connectivity index (χ0n) is 13.6. The van der Waals surface area contributed by atoms with Crippen LogP contribution in [0.3, 0.4) is 0 Å². The number of benzene rings is 3. The first-order valence-electron chi connectivity index (χ1n) is 7.67. The number of phenolic OH excluding ortho intramolecular Hbond substituents is 2. The Hall–Kier alpha value is -3.47. The largest absolute Gasteiger partial charge is 0.508 e. The number of nitrogens with zero attached hydrogens (tertiary/aromatic N) is 1. The smallest absolute Gasteiger partial charge is 0.258 e. The number of amides is 1. The molecule has 3 aromatic carbocycles. The van der Waals surface area contributed by atoms with Crippen LogP contribution in [0.4, 0.5) is 5.69 Å². The Morgan fingerprint density at radius 2 is 1.44 bits per heavy atom. The van der Waals surface area contributed by atoms with Crippen LogP contribution in [0.25, 0.3) is 0 Å². The van der Waals surface area contributed by atoms with Crippen LogP contribution < -0.4 is 9.64 Å². The summed E-state index contributed by atoms with van der Waals surface area (Å²) < 4.78 is 5.66. The molecule has 0 heterocycles. The highest BCUT2D eigenvalue weighted by Gasteiger charge is 2.14. The Labute approximate surface area is 145 Å². The third-order valence-corrected chi connectivity index (χ3v) is 3.70. The molecule has 25 heavy (non-hydrogen) atoms. The SMILES string of the molecule is CN(C(=O)c1ccc(Oc2ccc(O)cc2)cc1)c1cccc(O)c1. The topological polar surface area (TPSA) is 70.0 Å². The normalized spacial score (nSPS) is 10.3. The molecular formula is C20H17NO4. The van der Waals surface area contributed by atoms with Gasteiger partial charge in [-0.3, -0.25) is 4.79 Å². The minimum atomic E-state index is -0.193. The lowest BCUT2D eigenvalue weighted by Crippen LogP contribution is -2.26. The Morgan fingerprint density at radius 1 is 0.840 bits per heavy atom. The summed E-state index contributed by atoms with van der Waals surface area (Å²) in [7, 11) is 1.65. The molecule has 0 aliphatic heterocycles. The quantitative estimate of drug-likeness (QED) is 0.751. The van der Waals surface area contributed by atoms with Gasteiger partial charge in [-0.15, -0.1) is 0 Å². The Kier molecular flexibility index (Phi) is 4.57. The Balaban J connectivity index is 1.73. The van der Waals surface area contributed by atoms with Gasteiger partial charge in [0, 0.05) is 24.4 Å². The fourth-order valence-corrected chi connectivity index (χ4v) is 2.33. The average molecular weight is 335 g/mol. The van der Waals surface area contributed by atoms with Gasteiger partial charge in [0.15, 0.2) is 0 Å². The highest BCUT2D eigenvalue weighted by molar-refractivity contribution is 6.05. The lowest BCUT2D eigenvalue weighted by atomic mass is 10.1. The number of ether oxygens (including phenoxy) is 1. The number of carbonyl (C=O) groups excluding carboxylic acids is 1. The van der Waals surface area contributed by atoms with Crippen LogP contribution in [0.1, 0.15) is 10.4 Å². The van der Waals surface area contributed by atoms with Crippen molar-refractivity contribution in [2.24, 2.45) is 0 Å². The summed E-state index contributed by atoms with van der Waals surface area (Å²) in [6.07, 6.45) is 0. The van der Waals surface area contributed by atoms with E-state index in [0.29, 0.717) is 22.7 Å². The van der Waals surface area contributed by atoms with E-state index in [1.165, 1.54) is 23.1 Å². The molecule has 2 N–H and O–H groups in total. The lowest BCUT2D eigenvalue weighted by molar-refractivity contribution is 0.0993. The van der Waals surface area contributed by atoms with E-state index in [1.54, 1.807) is 61.6 Å². The van der Waals surface area contributed by atoms with Gasteiger partial charge >= 0.3 is 0 Å². The summed E-state index contributed by atoms with van der Waals surface area (Å²) in [5.41, 5.74) is 1.11. The summed E-state index contributed by atoms with van der Waals surface area (Å²) in [5, 5.41) is 18.8. The zero-order chi connectivity index (χ0) is 17.8. The summed E-state index contributed by atoms with van der Waals surface area (Å²) in [6.45, 7) is 0. The number of phenols is 2. The number of carbonyl (C=O) groups is 1. The third-order valence-electron chi connectivity index (χ3n) is 3.70. The molecule has 0 aromatic heterocycles. The lowest BCUT2D eigenvalue weighted by Gasteiger charge is -2.17. The fraction of sp³-hybridized carbons (Fsp3) is 0.0500. The van der Waals surface area contributed by atoms with Crippen LogP contribution in [0.5, 0.6) is 23.0 Å². The third kappa shape index (κ3) is 3.90. The van der Waals surface area contributed by atoms with E-state index in [9.17, 15) is 15.0 Å². The molecule has 0 saturated carbocycles. The standard InChI is InChI=1S/C20H17NO4/c1-21(15-3-2-4-17(23)13-15)20(24)14-5-9-18(10-6-14)25-19-11-7-16(22)8-12-19/h2-13,22-23H,1H3. The molecule has 5 heteroatoms. The number of anilines is 1. The van der Waals surface area contributed by atoms with E-state index in [-0.39, 0.29) is 17.4 Å². The fourth-order valence-electron chi connectivity index (χ4n) is 2.33. The molecule has 0 unspecified atom stereocenters. The molecule has 0 radical (unpaired) electrons. The van der Waals surface area contributed by atoms with E-state index in [2.05, 4.69) is 0 Å². The van der Waals surface area contributed by atoms with Gasteiger partial charge in [0.05, 0.1) is 0 Å². The Morgan fingerprint density at radius 3 is 2.04 bits per heavy atom. The van der Waals surface area contributed by atoms with Crippen molar-refractivity contribution in [1.29, 1.82) is 0 Å². The molecular weight excluding hydrogens is 318 g/mol. The van der Waals surface area contributed by atoms with Crippen LogP contribution in [0, 0.1) is 0 Å². The second-order valence-electron chi connectivity index (χ2n) is 5.50. The van der Waals surface area contributed by atoms with Crippen molar-refractivity contribution in [2.45, 2.75) is 0 Å². The van der Waals surface area contributed by atoms with Crippen LogP contribution in [0.2, 0.25) is 0 Å². The van der Waals surface area contributed by atoms with Crippen LogP contribution in [0.15, 0.2) is 72.8 Å². The van der Waals surface area contributed by atoms with Gasteiger partial charge in [0.2, 0.25) is 0 Å². The first-order chi connectivity index (χ1) is 12.0. The molecule has 5 nitrogen and oxygen atoms in total. The zero-order valence-corrected chi connectivity index (χ0v) is 13.6. The van der Waals surface area contributed by atoms with Gasteiger partial charge in [0.1, 0.15) is 23.0 Å². The van der Waals surface area contributed by atoms with E-state index in [0.717, 1.165) is 0 Å². The molecule has 0 aliphatic carbocycles. The van der Waals surface area contributed by atoms with E-state index >= 15 is 0 Å². The van der Waals surface area contributed by atoms with Crippen LogP contribution in [-0.4, -0.2) is 23.2 Å². The first-order valence-corrected chi connectivity index (χ1v) is 7.67. The van der Waals surface area contributed by atoms with Crippen LogP contribution in [-0.2, 0) is 0 Å². The van der Waals surface area contributed by atoms with E-state index in [1.807, 2.05) is 0 Å². The predicted molar refractivity (Wildman–Crippen MR) is 95.5 cm³/mol. The molecule has 3 aromatic rings. The maximum atomic E-state index is 12.5. The highest BCUT2D eigenvalue weighted by atomic mass is 16.5. The molecule has 3 rings (SSSR count). The molecule has 0 aliphatic rings. The summed E-state index contributed by atoms with van der Waals surface area (Å²) >= 11 is 0. The molecule has 126 valence electrons. The van der Waals surface area contributed by atoms with E-state index < -0.39 is 0 Å². The second kappa shape index (κ2) is 6.97. The molecule has 0 spiro atoms. The average Bonchev–Trinajstić information content (AvgIpc) is 2.63. The Bertz CT molecular complexity index is 873. The van der Waals surface area contributed by atoms with Crippen molar-refractivity contribution in [3.63, 3.8) is 0 Å². The van der Waals surface area contributed by atoms with Crippen LogP contribution >= 0.6 is 0 Å². The van der Waals surface area contributed by atoms with Gasteiger partial charge in [-0.2, -0.15) is 0 Å². The molecule has 1 amide bonds. The van der Waals surface area contributed by atoms with Crippen molar-refractivity contribution in [3.05, 3.63) is 78.4 Å². The second-order valence-corrected chi connectivity index (χ2v) is 5.50. The van der Waals surface area contributed by atoms with Crippen molar-refractivity contribution >= 4 is 11.6 Å². The van der Waals surface area contributed by atoms with Crippen molar-refractivity contribution < 1.29 is 19.7 Å². The van der Waals surface area contributed by atoms with E-state index in [4.69, 9.17) is 4.74 Å². The molecule has 0 atom stereocenters. The highest BCUT2D eigenvalue weighted by Crippen LogP contribution is 2.25. The molecule has 0 saturated heterocycles. The van der Waals surface area contributed by atoms with Gasteiger partial charge < -0.3 is 19.8 Å². The minimum Gasteiger partial charge on any atom is -0.508 e. The summed E-state index contributed by atoms with van der Waals surface area (Å²) in [6, 6.07) is 19.7. The summed E-state index contributed by atoms with van der Waals surface area (Å²) in [4.78, 5) is 14.0. The van der Waals surface area contributed by atoms with Gasteiger partial charge in [-0.1, -0.05) is 6.07 Å². The number of hydrogen-bond acceptors (Lipinski definition) is 4. The van der Waals surface area contributed by atoms with Gasteiger partial charge in [-0.25, -0.2) is 0 Å².